The normalized spacial score (nSPS) is 60.3. The van der Waals surface area contributed by atoms with Gasteiger partial charge in [-0.25, -0.2) is 0 Å². The van der Waals surface area contributed by atoms with Gasteiger partial charge < -0.3 is 4.74 Å². The minimum absolute atomic E-state index is 0.148. The number of hydrogen-bond donors (Lipinski definition) is 0. The van der Waals surface area contributed by atoms with Crippen molar-refractivity contribution in [2.45, 2.75) is 74.2 Å². The third-order valence-electron chi connectivity index (χ3n) is 7.18. The maximum Gasteiger partial charge on any atom is 0.101 e. The van der Waals surface area contributed by atoms with Crippen molar-refractivity contribution < 1.29 is 4.74 Å². The highest BCUT2D eigenvalue weighted by atomic mass is 79.9. The second-order valence-corrected chi connectivity index (χ2v) is 12.1. The van der Waals surface area contributed by atoms with Gasteiger partial charge in [-0.3, -0.25) is 0 Å². The van der Waals surface area contributed by atoms with E-state index in [4.69, 9.17) is 4.74 Å². The molecule has 0 bridgehead atoms. The van der Waals surface area contributed by atoms with Gasteiger partial charge in [0.05, 0.1) is 8.83 Å². The summed E-state index contributed by atoms with van der Waals surface area (Å²) in [5, 5.41) is 0. The molecule has 1 saturated heterocycles. The molecule has 3 saturated carbocycles. The fourth-order valence-corrected chi connectivity index (χ4v) is 8.05. The molecule has 0 amide bonds. The molecule has 19 heavy (non-hydrogen) atoms. The van der Waals surface area contributed by atoms with E-state index in [1.54, 1.807) is 0 Å². The molecule has 4 aliphatic rings. The number of ether oxygens (including phenoxy) is 1. The fraction of sp³-hybridized carbons (Fsp3) is 1.00. The number of epoxide rings is 1. The molecule has 1 spiro atoms. The molecule has 1 heterocycles. The monoisotopic (exact) mass is 390 g/mol. The Kier molecular flexibility index (Phi) is 2.36. The van der Waals surface area contributed by atoms with E-state index in [-0.39, 0.29) is 14.4 Å². The lowest BCUT2D eigenvalue weighted by Crippen LogP contribution is -2.44. The zero-order valence-corrected chi connectivity index (χ0v) is 15.5. The fourth-order valence-electron chi connectivity index (χ4n) is 5.85. The molecule has 4 fully saturated rings. The van der Waals surface area contributed by atoms with E-state index in [0.29, 0.717) is 22.7 Å². The van der Waals surface area contributed by atoms with Crippen LogP contribution in [0.2, 0.25) is 0 Å². The average Bonchev–Trinajstić information content (AvgIpc) is 3.00. The third kappa shape index (κ3) is 1.33. The molecule has 0 aromatic heterocycles. The van der Waals surface area contributed by atoms with Gasteiger partial charge in [-0.1, -0.05) is 52.6 Å². The summed E-state index contributed by atoms with van der Waals surface area (Å²) in [6.07, 6.45) is 6.47. The largest absolute Gasteiger partial charge is 0.362 e. The number of alkyl halides is 2. The highest BCUT2D eigenvalue weighted by molar-refractivity contribution is 9.25. The van der Waals surface area contributed by atoms with Crippen LogP contribution in [-0.2, 0) is 4.74 Å². The number of hydrogen-bond acceptors (Lipinski definition) is 1. The van der Waals surface area contributed by atoms with Crippen LogP contribution in [0, 0.1) is 22.7 Å². The highest BCUT2D eigenvalue weighted by Gasteiger charge is 2.86. The van der Waals surface area contributed by atoms with Crippen molar-refractivity contribution in [2.24, 2.45) is 22.7 Å². The average molecular weight is 392 g/mol. The van der Waals surface area contributed by atoms with Gasteiger partial charge in [0.2, 0.25) is 0 Å². The number of halogens is 2. The summed E-state index contributed by atoms with van der Waals surface area (Å²) in [6.45, 7) is 9.78. The Labute approximate surface area is 133 Å². The van der Waals surface area contributed by atoms with Crippen LogP contribution in [0.5, 0.6) is 0 Å². The topological polar surface area (TPSA) is 12.5 Å². The van der Waals surface area contributed by atoms with E-state index in [0.717, 1.165) is 0 Å². The van der Waals surface area contributed by atoms with E-state index in [2.05, 4.69) is 59.6 Å². The molecule has 108 valence electrons. The summed E-state index contributed by atoms with van der Waals surface area (Å²) in [6, 6.07) is 0. The van der Waals surface area contributed by atoms with Crippen LogP contribution in [0.4, 0.5) is 0 Å². The van der Waals surface area contributed by atoms with Gasteiger partial charge in [0.25, 0.3) is 0 Å². The van der Waals surface area contributed by atoms with Crippen molar-refractivity contribution >= 4 is 31.9 Å². The standard InChI is InChI=1S/C16H24Br2O/c1-12(2)6-5-7-14(4)15(19-14)9-8-13(3)11(10(12)15)16(13,17)18/h10-11H,5-9H2,1-4H3/t10-,11+,13-,14-,15+/m1/s1. The van der Waals surface area contributed by atoms with E-state index in [9.17, 15) is 0 Å². The Morgan fingerprint density at radius 3 is 2.26 bits per heavy atom. The quantitative estimate of drug-likeness (QED) is 0.405. The van der Waals surface area contributed by atoms with Crippen LogP contribution in [-0.4, -0.2) is 14.4 Å². The van der Waals surface area contributed by atoms with Crippen molar-refractivity contribution in [1.29, 1.82) is 0 Å². The Morgan fingerprint density at radius 1 is 0.895 bits per heavy atom. The Morgan fingerprint density at radius 2 is 1.58 bits per heavy atom. The SMILES string of the molecule is CC1(C)CCC[C@@]2(C)O[C@]23CC[C@]2(C)[C@H]([C@H]13)C2(Br)Br. The Bertz CT molecular complexity index is 460. The van der Waals surface area contributed by atoms with E-state index < -0.39 is 0 Å². The Hall–Kier alpha value is 0.920. The number of rotatable bonds is 0. The summed E-state index contributed by atoms with van der Waals surface area (Å²) in [4.78, 5) is 0. The maximum absolute atomic E-state index is 6.47. The lowest BCUT2D eigenvalue weighted by atomic mass is 9.60. The molecule has 4 rings (SSSR count). The van der Waals surface area contributed by atoms with Gasteiger partial charge in [0.15, 0.2) is 0 Å². The van der Waals surface area contributed by atoms with Crippen LogP contribution in [0.25, 0.3) is 0 Å². The molecule has 1 aliphatic heterocycles. The van der Waals surface area contributed by atoms with Crippen LogP contribution in [0.15, 0.2) is 0 Å². The minimum Gasteiger partial charge on any atom is -0.362 e. The van der Waals surface area contributed by atoms with Gasteiger partial charge in [0.1, 0.15) is 5.60 Å². The zero-order valence-electron chi connectivity index (χ0n) is 12.4. The van der Waals surface area contributed by atoms with Crippen molar-refractivity contribution in [3.63, 3.8) is 0 Å². The summed E-state index contributed by atoms with van der Waals surface area (Å²) in [5.41, 5.74) is 1.16. The van der Waals surface area contributed by atoms with E-state index in [1.807, 2.05) is 0 Å². The molecule has 1 nitrogen and oxygen atoms in total. The highest BCUT2D eigenvalue weighted by Crippen LogP contribution is 2.85. The summed E-state index contributed by atoms with van der Waals surface area (Å²) >= 11 is 7.99. The molecule has 5 atom stereocenters. The van der Waals surface area contributed by atoms with Gasteiger partial charge in [0, 0.05) is 5.92 Å². The van der Waals surface area contributed by atoms with Gasteiger partial charge >= 0.3 is 0 Å². The second-order valence-electron chi connectivity index (χ2n) is 8.56. The molecule has 3 heteroatoms. The van der Waals surface area contributed by atoms with Crippen LogP contribution in [0.1, 0.15) is 59.8 Å². The first kappa shape index (κ1) is 13.6. The predicted octanol–water partition coefficient (Wildman–Crippen LogP) is 5.26. The van der Waals surface area contributed by atoms with Crippen molar-refractivity contribution in [1.82, 2.24) is 0 Å². The van der Waals surface area contributed by atoms with Gasteiger partial charge in [-0.2, -0.15) is 0 Å². The lowest BCUT2D eigenvalue weighted by molar-refractivity contribution is 0.0255. The lowest BCUT2D eigenvalue weighted by Gasteiger charge is -2.42. The van der Waals surface area contributed by atoms with E-state index in [1.165, 1.54) is 32.1 Å². The first-order valence-corrected chi connectivity index (χ1v) is 9.27. The summed E-state index contributed by atoms with van der Waals surface area (Å²) < 4.78 is 6.61. The first-order chi connectivity index (χ1) is 8.61. The molecule has 3 aliphatic carbocycles. The molecule has 0 aromatic rings. The van der Waals surface area contributed by atoms with Crippen LogP contribution < -0.4 is 0 Å². The van der Waals surface area contributed by atoms with Crippen molar-refractivity contribution in [3.8, 4) is 0 Å². The summed E-state index contributed by atoms with van der Waals surface area (Å²) in [5.74, 6) is 1.40. The maximum atomic E-state index is 6.47. The van der Waals surface area contributed by atoms with Gasteiger partial charge in [-0.05, 0) is 55.8 Å². The van der Waals surface area contributed by atoms with Gasteiger partial charge in [-0.15, -0.1) is 0 Å². The van der Waals surface area contributed by atoms with Crippen molar-refractivity contribution in [2.75, 3.05) is 0 Å². The van der Waals surface area contributed by atoms with Crippen LogP contribution in [0.3, 0.4) is 0 Å². The van der Waals surface area contributed by atoms with Crippen LogP contribution >= 0.6 is 31.9 Å². The zero-order chi connectivity index (χ0) is 13.9. The molecular weight excluding hydrogens is 368 g/mol. The molecule has 0 N–H and O–H groups in total. The Balaban J connectivity index is 1.83. The van der Waals surface area contributed by atoms with Crippen molar-refractivity contribution in [3.05, 3.63) is 0 Å². The second kappa shape index (κ2) is 3.30. The third-order valence-corrected chi connectivity index (χ3v) is 9.98. The minimum atomic E-state index is 0.148. The molecule has 0 aromatic carbocycles. The molecule has 0 radical (unpaired) electrons. The number of fused-ring (bicyclic) bond motifs is 2. The molecular formula is C16H24Br2O. The predicted molar refractivity (Wildman–Crippen MR) is 84.8 cm³/mol. The smallest absolute Gasteiger partial charge is 0.101 e. The first-order valence-electron chi connectivity index (χ1n) is 7.69. The molecule has 0 unspecified atom stereocenters. The van der Waals surface area contributed by atoms with E-state index >= 15 is 0 Å². The summed E-state index contributed by atoms with van der Waals surface area (Å²) in [7, 11) is 0.